The number of carbonyl (C=O) groups is 1. The summed E-state index contributed by atoms with van der Waals surface area (Å²) in [5.41, 5.74) is 11.2. The number of nitrogens with one attached hydrogen (secondary N) is 2. The molecule has 1 amide bonds. The van der Waals surface area contributed by atoms with Gasteiger partial charge < -0.3 is 16.0 Å². The summed E-state index contributed by atoms with van der Waals surface area (Å²) < 4.78 is 0. The van der Waals surface area contributed by atoms with E-state index in [0.29, 0.717) is 18.1 Å². The molecule has 0 aliphatic carbocycles. The first-order valence-corrected chi connectivity index (χ1v) is 9.18. The molecular formula is C18H23N5OS. The maximum Gasteiger partial charge on any atom is 0.224 e. The summed E-state index contributed by atoms with van der Waals surface area (Å²) in [6.07, 6.45) is 1.99. The number of rotatable bonds is 6. The Morgan fingerprint density at radius 1 is 1.28 bits per heavy atom. The van der Waals surface area contributed by atoms with Crippen molar-refractivity contribution in [2.24, 2.45) is 0 Å². The number of benzene rings is 1. The highest BCUT2D eigenvalue weighted by atomic mass is 32.1. The first-order valence-electron chi connectivity index (χ1n) is 8.37. The molecule has 2 aromatic heterocycles. The third kappa shape index (κ3) is 3.99. The summed E-state index contributed by atoms with van der Waals surface area (Å²) >= 11 is 1.40. The van der Waals surface area contributed by atoms with Crippen LogP contribution < -0.4 is 11.1 Å². The molecule has 1 aromatic carbocycles. The highest BCUT2D eigenvalue weighted by Gasteiger charge is 2.14. The second-order valence-corrected chi connectivity index (χ2v) is 7.49. The van der Waals surface area contributed by atoms with E-state index in [1.54, 1.807) is 0 Å². The van der Waals surface area contributed by atoms with Crippen molar-refractivity contribution >= 4 is 33.3 Å². The van der Waals surface area contributed by atoms with Gasteiger partial charge in [0.1, 0.15) is 5.01 Å². The maximum absolute atomic E-state index is 12.3. The van der Waals surface area contributed by atoms with Crippen LogP contribution in [0.1, 0.15) is 33.8 Å². The van der Waals surface area contributed by atoms with Gasteiger partial charge in [-0.25, -0.2) is 0 Å². The van der Waals surface area contributed by atoms with E-state index < -0.39 is 0 Å². The Morgan fingerprint density at radius 2 is 2.08 bits per heavy atom. The van der Waals surface area contributed by atoms with Gasteiger partial charge in [0, 0.05) is 29.6 Å². The van der Waals surface area contributed by atoms with Crippen LogP contribution in [0.2, 0.25) is 0 Å². The quantitative estimate of drug-likeness (QED) is 0.591. The average molecular weight is 357 g/mol. The number of aromatic nitrogens is 3. The van der Waals surface area contributed by atoms with Crippen molar-refractivity contribution < 1.29 is 4.79 Å². The monoisotopic (exact) mass is 357 g/mol. The smallest absolute Gasteiger partial charge is 0.224 e. The van der Waals surface area contributed by atoms with Gasteiger partial charge in [-0.3, -0.25) is 4.79 Å². The molecule has 0 atom stereocenters. The first kappa shape index (κ1) is 17.4. The van der Waals surface area contributed by atoms with Crippen LogP contribution in [-0.2, 0) is 17.6 Å². The summed E-state index contributed by atoms with van der Waals surface area (Å²) in [6.45, 7) is 6.82. The zero-order chi connectivity index (χ0) is 18.0. The highest BCUT2D eigenvalue weighted by molar-refractivity contribution is 7.15. The Hall–Kier alpha value is -2.41. The molecule has 4 N–H and O–H groups in total. The van der Waals surface area contributed by atoms with E-state index in [4.69, 9.17) is 5.73 Å². The predicted molar refractivity (Wildman–Crippen MR) is 102 cm³/mol. The van der Waals surface area contributed by atoms with Crippen LogP contribution in [0.4, 0.5) is 5.13 Å². The van der Waals surface area contributed by atoms with E-state index in [9.17, 15) is 4.79 Å². The number of hydrogen-bond acceptors (Lipinski definition) is 5. The Kier molecular flexibility index (Phi) is 5.03. The normalized spacial score (nSPS) is 11.2. The highest BCUT2D eigenvalue weighted by Crippen LogP contribution is 2.26. The number of carbonyl (C=O) groups excluding carboxylic acids is 1. The van der Waals surface area contributed by atoms with Crippen molar-refractivity contribution in [3.8, 4) is 0 Å². The lowest BCUT2D eigenvalue weighted by molar-refractivity contribution is -0.120. The minimum Gasteiger partial charge on any atom is -0.374 e. The molecule has 0 saturated carbocycles. The van der Waals surface area contributed by atoms with E-state index in [2.05, 4.69) is 46.5 Å². The van der Waals surface area contributed by atoms with Gasteiger partial charge in [-0.05, 0) is 44.4 Å². The number of nitrogens with two attached hydrogens (primary N) is 1. The van der Waals surface area contributed by atoms with Crippen LogP contribution in [0.3, 0.4) is 0 Å². The second-order valence-electron chi connectivity index (χ2n) is 6.40. The zero-order valence-electron chi connectivity index (χ0n) is 14.8. The van der Waals surface area contributed by atoms with E-state index in [1.807, 2.05) is 6.92 Å². The molecular weight excluding hydrogens is 334 g/mol. The summed E-state index contributed by atoms with van der Waals surface area (Å²) in [7, 11) is 0. The van der Waals surface area contributed by atoms with Gasteiger partial charge in [-0.1, -0.05) is 23.0 Å². The van der Waals surface area contributed by atoms with Crippen molar-refractivity contribution in [2.75, 3.05) is 12.3 Å². The number of nitrogens with zero attached hydrogens (tertiary/aromatic N) is 2. The second kappa shape index (κ2) is 7.23. The van der Waals surface area contributed by atoms with E-state index in [1.165, 1.54) is 22.5 Å². The molecule has 0 saturated heterocycles. The van der Waals surface area contributed by atoms with Gasteiger partial charge in [0.25, 0.3) is 0 Å². The largest absolute Gasteiger partial charge is 0.374 e. The Morgan fingerprint density at radius 3 is 2.80 bits per heavy atom. The molecule has 3 rings (SSSR count). The summed E-state index contributed by atoms with van der Waals surface area (Å²) in [4.78, 5) is 15.7. The minimum absolute atomic E-state index is 0.0416. The Labute approximate surface area is 150 Å². The van der Waals surface area contributed by atoms with E-state index >= 15 is 0 Å². The Bertz CT molecular complexity index is 912. The van der Waals surface area contributed by atoms with E-state index in [0.717, 1.165) is 40.0 Å². The molecule has 3 aromatic rings. The van der Waals surface area contributed by atoms with E-state index in [-0.39, 0.29) is 5.91 Å². The summed E-state index contributed by atoms with van der Waals surface area (Å²) in [5.74, 6) is 0.0416. The third-order valence-electron chi connectivity index (χ3n) is 4.28. The molecule has 0 aliphatic heterocycles. The van der Waals surface area contributed by atoms with Crippen molar-refractivity contribution in [2.45, 2.75) is 40.0 Å². The van der Waals surface area contributed by atoms with Gasteiger partial charge in [0.05, 0.1) is 6.42 Å². The molecule has 0 fully saturated rings. The molecule has 132 valence electrons. The number of nitrogen functional groups attached to an aromatic ring is 1. The fraction of sp³-hybridized carbons (Fsp3) is 0.389. The van der Waals surface area contributed by atoms with Crippen LogP contribution in [-0.4, -0.2) is 27.6 Å². The number of anilines is 1. The Balaban J connectivity index is 1.59. The maximum atomic E-state index is 12.3. The fourth-order valence-corrected chi connectivity index (χ4v) is 3.77. The topological polar surface area (TPSA) is 96.7 Å². The predicted octanol–water partition coefficient (Wildman–Crippen LogP) is 2.82. The molecule has 6 nitrogen and oxygen atoms in total. The van der Waals surface area contributed by atoms with Gasteiger partial charge in [-0.2, -0.15) is 0 Å². The van der Waals surface area contributed by atoms with Crippen molar-refractivity contribution in [3.63, 3.8) is 0 Å². The van der Waals surface area contributed by atoms with Crippen LogP contribution in [0.25, 0.3) is 10.9 Å². The molecule has 0 radical (unpaired) electrons. The van der Waals surface area contributed by atoms with Gasteiger partial charge in [0.2, 0.25) is 11.0 Å². The van der Waals surface area contributed by atoms with Crippen LogP contribution in [0.5, 0.6) is 0 Å². The number of aryl methyl sites for hydroxylation is 4. The standard InChI is InChI=1S/C18H23N5OS/c1-10-7-11(2)17-14(8-10)13(12(3)21-17)9-15(24)20-6-4-5-16-22-23-18(19)25-16/h7-8,21H,4-6,9H2,1-3H3,(H2,19,23)(H,20,24). The fourth-order valence-electron chi connectivity index (χ4n) is 3.12. The van der Waals surface area contributed by atoms with Crippen LogP contribution in [0.15, 0.2) is 12.1 Å². The molecule has 25 heavy (non-hydrogen) atoms. The van der Waals surface area contributed by atoms with Crippen molar-refractivity contribution in [1.82, 2.24) is 20.5 Å². The molecule has 0 bridgehead atoms. The lowest BCUT2D eigenvalue weighted by Crippen LogP contribution is -2.26. The summed E-state index contributed by atoms with van der Waals surface area (Å²) in [6, 6.07) is 4.30. The minimum atomic E-state index is 0.0416. The summed E-state index contributed by atoms with van der Waals surface area (Å²) in [5, 5.41) is 13.3. The van der Waals surface area contributed by atoms with Crippen LogP contribution >= 0.6 is 11.3 Å². The van der Waals surface area contributed by atoms with Crippen molar-refractivity contribution in [3.05, 3.63) is 39.5 Å². The van der Waals surface area contributed by atoms with Gasteiger partial charge in [-0.15, -0.1) is 10.2 Å². The molecule has 0 aliphatic rings. The van der Waals surface area contributed by atoms with Crippen molar-refractivity contribution in [1.29, 1.82) is 0 Å². The lowest BCUT2D eigenvalue weighted by atomic mass is 10.0. The lowest BCUT2D eigenvalue weighted by Gasteiger charge is -2.06. The molecule has 0 spiro atoms. The number of amides is 1. The van der Waals surface area contributed by atoms with Gasteiger partial charge >= 0.3 is 0 Å². The SMILES string of the molecule is Cc1cc(C)c2[nH]c(C)c(CC(=O)NCCCc3nnc(N)s3)c2c1. The zero-order valence-corrected chi connectivity index (χ0v) is 15.6. The number of hydrogen-bond donors (Lipinski definition) is 3. The molecule has 0 unspecified atom stereocenters. The number of H-pyrrole nitrogens is 1. The molecule has 7 heteroatoms. The van der Waals surface area contributed by atoms with Crippen LogP contribution in [0, 0.1) is 20.8 Å². The third-order valence-corrected chi connectivity index (χ3v) is 5.09. The molecule has 2 heterocycles. The van der Waals surface area contributed by atoms with Gasteiger partial charge in [0.15, 0.2) is 0 Å². The number of fused-ring (bicyclic) bond motifs is 1. The average Bonchev–Trinajstić information content (AvgIpc) is 3.09. The number of aromatic amines is 1. The first-order chi connectivity index (χ1) is 11.9.